The van der Waals surface area contributed by atoms with Crippen LogP contribution < -0.4 is 0 Å². The Balaban J connectivity index is 1.30. The third kappa shape index (κ3) is 2.68. The van der Waals surface area contributed by atoms with Gasteiger partial charge in [0, 0.05) is 30.9 Å². The molecule has 0 atom stereocenters. The van der Waals surface area contributed by atoms with Crippen molar-refractivity contribution in [2.24, 2.45) is 5.41 Å². The molecule has 128 valence electrons. The first-order chi connectivity index (χ1) is 12.3. The molecule has 0 aromatic carbocycles. The highest BCUT2D eigenvalue weighted by atomic mass is 16.3. The molecule has 0 N–H and O–H groups in total. The maximum Gasteiger partial charge on any atom is 0.117 e. The van der Waals surface area contributed by atoms with E-state index in [1.807, 2.05) is 30.7 Å². The fourth-order valence-electron chi connectivity index (χ4n) is 4.35. The van der Waals surface area contributed by atoms with Gasteiger partial charge in [0.1, 0.15) is 11.6 Å². The van der Waals surface area contributed by atoms with Crippen LogP contribution in [-0.2, 0) is 19.5 Å². The monoisotopic (exact) mass is 334 g/mol. The number of aromatic nitrogens is 3. The largest absolute Gasteiger partial charge is 0.468 e. The van der Waals surface area contributed by atoms with Gasteiger partial charge < -0.3 is 8.98 Å². The highest BCUT2D eigenvalue weighted by molar-refractivity contribution is 5.58. The normalized spacial score (nSPS) is 19.4. The van der Waals surface area contributed by atoms with E-state index in [1.165, 1.54) is 24.4 Å². The molecule has 5 rings (SSSR count). The number of hydrogen-bond acceptors (Lipinski definition) is 4. The maximum atomic E-state index is 5.49. The molecular weight excluding hydrogens is 312 g/mol. The number of likely N-dealkylation sites (tertiary alicyclic amines) is 1. The number of piperidine rings is 1. The average Bonchev–Trinajstić information content (AvgIpc) is 3.35. The Morgan fingerprint density at radius 2 is 2.04 bits per heavy atom. The average molecular weight is 334 g/mol. The van der Waals surface area contributed by atoms with E-state index in [2.05, 4.69) is 26.6 Å². The van der Waals surface area contributed by atoms with Crippen LogP contribution in [0.25, 0.3) is 11.3 Å². The van der Waals surface area contributed by atoms with E-state index >= 15 is 0 Å². The fourth-order valence-corrected chi connectivity index (χ4v) is 4.35. The van der Waals surface area contributed by atoms with Crippen molar-refractivity contribution < 1.29 is 4.42 Å². The number of imidazole rings is 1. The molecule has 3 aromatic rings. The van der Waals surface area contributed by atoms with Crippen molar-refractivity contribution in [2.75, 3.05) is 13.1 Å². The molecular formula is C20H22N4O. The topological polar surface area (TPSA) is 47.1 Å². The molecule has 5 heterocycles. The second-order valence-electron chi connectivity index (χ2n) is 7.42. The SMILES string of the molecule is c1cncc(-c2cnc3n2CC2(CCN(Cc4ccco4)CC2)C3)c1. The van der Waals surface area contributed by atoms with E-state index in [0.29, 0.717) is 5.41 Å². The summed E-state index contributed by atoms with van der Waals surface area (Å²) in [4.78, 5) is 11.5. The summed E-state index contributed by atoms with van der Waals surface area (Å²) in [7, 11) is 0. The van der Waals surface area contributed by atoms with Crippen molar-refractivity contribution in [3.63, 3.8) is 0 Å². The number of nitrogens with zero attached hydrogens (tertiary/aromatic N) is 4. The molecule has 5 nitrogen and oxygen atoms in total. The molecule has 2 aliphatic heterocycles. The van der Waals surface area contributed by atoms with E-state index in [4.69, 9.17) is 9.40 Å². The van der Waals surface area contributed by atoms with Gasteiger partial charge in [-0.15, -0.1) is 0 Å². The summed E-state index contributed by atoms with van der Waals surface area (Å²) in [5, 5.41) is 0. The molecule has 1 saturated heterocycles. The second kappa shape index (κ2) is 5.85. The van der Waals surface area contributed by atoms with Crippen molar-refractivity contribution in [1.29, 1.82) is 0 Å². The highest BCUT2D eigenvalue weighted by Crippen LogP contribution is 2.43. The zero-order chi connectivity index (χ0) is 16.7. The third-order valence-electron chi connectivity index (χ3n) is 5.80. The predicted molar refractivity (Wildman–Crippen MR) is 94.8 cm³/mol. The molecule has 2 aliphatic rings. The summed E-state index contributed by atoms with van der Waals surface area (Å²) in [6.45, 7) is 4.28. The quantitative estimate of drug-likeness (QED) is 0.737. The second-order valence-corrected chi connectivity index (χ2v) is 7.42. The van der Waals surface area contributed by atoms with Gasteiger partial charge in [-0.2, -0.15) is 0 Å². The van der Waals surface area contributed by atoms with Crippen molar-refractivity contribution in [2.45, 2.75) is 32.4 Å². The van der Waals surface area contributed by atoms with Crippen LogP contribution in [0.4, 0.5) is 0 Å². The number of pyridine rings is 1. The lowest BCUT2D eigenvalue weighted by molar-refractivity contribution is 0.0932. The number of hydrogen-bond donors (Lipinski definition) is 0. The van der Waals surface area contributed by atoms with Gasteiger partial charge in [-0.05, 0) is 55.6 Å². The summed E-state index contributed by atoms with van der Waals surface area (Å²) in [6.07, 6.45) is 11.1. The molecule has 3 aromatic heterocycles. The molecule has 0 aliphatic carbocycles. The van der Waals surface area contributed by atoms with Crippen LogP contribution in [0.3, 0.4) is 0 Å². The van der Waals surface area contributed by atoms with Crippen molar-refractivity contribution in [1.82, 2.24) is 19.4 Å². The van der Waals surface area contributed by atoms with Gasteiger partial charge >= 0.3 is 0 Å². The minimum absolute atomic E-state index is 0.375. The first kappa shape index (κ1) is 14.9. The molecule has 0 bridgehead atoms. The Labute approximate surface area is 147 Å². The number of rotatable bonds is 3. The minimum atomic E-state index is 0.375. The van der Waals surface area contributed by atoms with Crippen LogP contribution in [0.5, 0.6) is 0 Å². The van der Waals surface area contributed by atoms with E-state index in [1.54, 1.807) is 6.26 Å². The van der Waals surface area contributed by atoms with Crippen LogP contribution >= 0.6 is 0 Å². The van der Waals surface area contributed by atoms with E-state index in [0.717, 1.165) is 43.9 Å². The Kier molecular flexibility index (Phi) is 3.48. The molecule has 0 amide bonds. The van der Waals surface area contributed by atoms with Crippen LogP contribution in [0.15, 0.2) is 53.5 Å². The van der Waals surface area contributed by atoms with E-state index < -0.39 is 0 Å². The van der Waals surface area contributed by atoms with Gasteiger partial charge in [0.05, 0.1) is 24.7 Å². The Morgan fingerprint density at radius 3 is 2.80 bits per heavy atom. The van der Waals surface area contributed by atoms with Crippen LogP contribution in [0.1, 0.15) is 24.4 Å². The van der Waals surface area contributed by atoms with Gasteiger partial charge in [0.15, 0.2) is 0 Å². The van der Waals surface area contributed by atoms with Crippen molar-refractivity contribution in [3.8, 4) is 11.3 Å². The molecule has 25 heavy (non-hydrogen) atoms. The zero-order valence-electron chi connectivity index (χ0n) is 14.3. The first-order valence-corrected chi connectivity index (χ1v) is 9.01. The van der Waals surface area contributed by atoms with E-state index in [9.17, 15) is 0 Å². The van der Waals surface area contributed by atoms with Crippen LogP contribution in [0.2, 0.25) is 0 Å². The smallest absolute Gasteiger partial charge is 0.117 e. The molecule has 1 fully saturated rings. The van der Waals surface area contributed by atoms with Crippen LogP contribution in [0, 0.1) is 5.41 Å². The highest BCUT2D eigenvalue weighted by Gasteiger charge is 2.41. The van der Waals surface area contributed by atoms with Gasteiger partial charge in [-0.1, -0.05) is 0 Å². The Bertz CT molecular complexity index is 845. The molecule has 5 heteroatoms. The zero-order valence-corrected chi connectivity index (χ0v) is 14.3. The lowest BCUT2D eigenvalue weighted by Crippen LogP contribution is -2.40. The van der Waals surface area contributed by atoms with Crippen molar-refractivity contribution in [3.05, 3.63) is 60.7 Å². The van der Waals surface area contributed by atoms with Crippen molar-refractivity contribution >= 4 is 0 Å². The minimum Gasteiger partial charge on any atom is -0.468 e. The third-order valence-corrected chi connectivity index (χ3v) is 5.80. The standard InChI is InChI=1S/C20H22N4O/c1-3-16(12-21-7-1)18-13-22-19-11-20(15-24(18)19)5-8-23(9-6-20)14-17-4-2-10-25-17/h1-4,7,10,12-13H,5-6,8-9,11,14-15H2. The molecule has 1 spiro atoms. The van der Waals surface area contributed by atoms with Gasteiger partial charge in [0.2, 0.25) is 0 Å². The lowest BCUT2D eigenvalue weighted by atomic mass is 9.77. The maximum absolute atomic E-state index is 5.49. The summed E-state index contributed by atoms with van der Waals surface area (Å²) < 4.78 is 7.91. The summed E-state index contributed by atoms with van der Waals surface area (Å²) in [5.41, 5.74) is 2.74. The lowest BCUT2D eigenvalue weighted by Gasteiger charge is -2.38. The number of fused-ring (bicyclic) bond motifs is 1. The van der Waals surface area contributed by atoms with Crippen LogP contribution in [-0.4, -0.2) is 32.5 Å². The van der Waals surface area contributed by atoms with Gasteiger partial charge in [0.25, 0.3) is 0 Å². The Morgan fingerprint density at radius 1 is 1.12 bits per heavy atom. The van der Waals surface area contributed by atoms with Gasteiger partial charge in [-0.3, -0.25) is 9.88 Å². The molecule has 0 radical (unpaired) electrons. The van der Waals surface area contributed by atoms with E-state index in [-0.39, 0.29) is 0 Å². The number of furan rings is 1. The fraction of sp³-hybridized carbons (Fsp3) is 0.400. The summed E-state index contributed by atoms with van der Waals surface area (Å²) in [5.74, 6) is 2.30. The Hall–Kier alpha value is -2.40. The summed E-state index contributed by atoms with van der Waals surface area (Å²) in [6, 6.07) is 8.15. The molecule has 0 saturated carbocycles. The summed E-state index contributed by atoms with van der Waals surface area (Å²) >= 11 is 0. The first-order valence-electron chi connectivity index (χ1n) is 9.01. The van der Waals surface area contributed by atoms with Gasteiger partial charge in [-0.25, -0.2) is 4.98 Å². The predicted octanol–water partition coefficient (Wildman–Crippen LogP) is 3.38. The molecule has 0 unspecified atom stereocenters.